The molecule has 0 aliphatic heterocycles. The van der Waals surface area contributed by atoms with E-state index >= 15 is 0 Å². The van der Waals surface area contributed by atoms with Gasteiger partial charge in [0.2, 0.25) is 0 Å². The minimum absolute atomic E-state index is 0.0556. The maximum Gasteiger partial charge on any atom is 0.339 e. The summed E-state index contributed by atoms with van der Waals surface area (Å²) in [6, 6.07) is 1.92. The molecule has 0 saturated heterocycles. The second kappa shape index (κ2) is 3.25. The van der Waals surface area contributed by atoms with Crippen molar-refractivity contribution in [1.82, 2.24) is 0 Å². The van der Waals surface area contributed by atoms with Gasteiger partial charge in [-0.15, -0.1) is 0 Å². The zero-order valence-electron chi connectivity index (χ0n) is 7.02. The van der Waals surface area contributed by atoms with E-state index < -0.39 is 23.2 Å². The second-order valence-corrected chi connectivity index (χ2v) is 2.63. The summed E-state index contributed by atoms with van der Waals surface area (Å²) in [5.74, 6) is -2.70. The highest BCUT2D eigenvalue weighted by Gasteiger charge is 2.15. The average molecular weight is 196 g/mol. The van der Waals surface area contributed by atoms with Crippen molar-refractivity contribution in [3.05, 3.63) is 23.3 Å². The van der Waals surface area contributed by atoms with Gasteiger partial charge < -0.3 is 21.7 Å². The third kappa shape index (κ3) is 1.58. The summed E-state index contributed by atoms with van der Waals surface area (Å²) in [5, 5.41) is 17.8. The number of benzene rings is 1. The summed E-state index contributed by atoms with van der Waals surface area (Å²) in [5.41, 5.74) is 9.69. The fourth-order valence-electron chi connectivity index (χ4n) is 0.989. The Morgan fingerprint density at radius 2 is 1.79 bits per heavy atom. The van der Waals surface area contributed by atoms with Crippen molar-refractivity contribution in [2.45, 2.75) is 0 Å². The molecular formula is C8H8N2O4. The van der Waals surface area contributed by atoms with Crippen molar-refractivity contribution in [3.8, 4) is 5.75 Å². The number of nitrogen functional groups attached to an aromatic ring is 1. The molecule has 0 radical (unpaired) electrons. The highest BCUT2D eigenvalue weighted by atomic mass is 16.4. The van der Waals surface area contributed by atoms with E-state index in [1.165, 1.54) is 0 Å². The maximum absolute atomic E-state index is 10.8. The van der Waals surface area contributed by atoms with Gasteiger partial charge in [-0.3, -0.25) is 4.79 Å². The molecule has 6 heteroatoms. The van der Waals surface area contributed by atoms with E-state index in [4.69, 9.17) is 21.7 Å². The molecule has 1 aromatic carbocycles. The minimum atomic E-state index is -1.36. The van der Waals surface area contributed by atoms with Gasteiger partial charge in [0.1, 0.15) is 11.3 Å². The lowest BCUT2D eigenvalue weighted by molar-refractivity contribution is 0.0694. The highest BCUT2D eigenvalue weighted by Crippen LogP contribution is 2.24. The van der Waals surface area contributed by atoms with Gasteiger partial charge >= 0.3 is 5.97 Å². The molecule has 0 aliphatic carbocycles. The molecule has 0 heterocycles. The molecule has 74 valence electrons. The molecule has 0 fully saturated rings. The third-order valence-electron chi connectivity index (χ3n) is 1.66. The van der Waals surface area contributed by atoms with Gasteiger partial charge in [0, 0.05) is 11.8 Å². The van der Waals surface area contributed by atoms with Crippen LogP contribution in [0.1, 0.15) is 20.7 Å². The lowest BCUT2D eigenvalue weighted by Gasteiger charge is -2.05. The molecule has 14 heavy (non-hydrogen) atoms. The number of aromatic hydroxyl groups is 1. The van der Waals surface area contributed by atoms with E-state index in [0.29, 0.717) is 0 Å². The fourth-order valence-corrected chi connectivity index (χ4v) is 0.989. The van der Waals surface area contributed by atoms with Crippen LogP contribution in [0.5, 0.6) is 5.75 Å². The van der Waals surface area contributed by atoms with Crippen LogP contribution < -0.4 is 11.5 Å². The molecular weight excluding hydrogens is 188 g/mol. The van der Waals surface area contributed by atoms with Crippen LogP contribution in [0.25, 0.3) is 0 Å². The van der Waals surface area contributed by atoms with Crippen LogP contribution in [-0.2, 0) is 0 Å². The lowest BCUT2D eigenvalue weighted by atomic mass is 10.1. The zero-order valence-corrected chi connectivity index (χ0v) is 7.02. The Morgan fingerprint density at radius 3 is 2.21 bits per heavy atom. The van der Waals surface area contributed by atoms with Crippen LogP contribution >= 0.6 is 0 Å². The van der Waals surface area contributed by atoms with E-state index in [-0.39, 0.29) is 11.3 Å². The van der Waals surface area contributed by atoms with Gasteiger partial charge in [-0.2, -0.15) is 0 Å². The molecule has 6 nitrogen and oxygen atoms in total. The van der Waals surface area contributed by atoms with Gasteiger partial charge in [-0.05, 0) is 6.07 Å². The number of anilines is 1. The number of aromatic carboxylic acids is 1. The van der Waals surface area contributed by atoms with Gasteiger partial charge in [0.05, 0.1) is 5.56 Å². The number of nitrogens with two attached hydrogens (primary N) is 2. The van der Waals surface area contributed by atoms with E-state index in [2.05, 4.69) is 0 Å². The van der Waals surface area contributed by atoms with Gasteiger partial charge in [0.15, 0.2) is 0 Å². The Morgan fingerprint density at radius 1 is 1.21 bits per heavy atom. The molecule has 0 unspecified atom stereocenters. The minimum Gasteiger partial charge on any atom is -0.507 e. The van der Waals surface area contributed by atoms with E-state index in [1.54, 1.807) is 0 Å². The molecule has 0 atom stereocenters. The largest absolute Gasteiger partial charge is 0.507 e. The molecule has 1 aromatic rings. The molecule has 0 saturated carbocycles. The van der Waals surface area contributed by atoms with E-state index in [9.17, 15) is 9.59 Å². The average Bonchev–Trinajstić information content (AvgIpc) is 2.02. The maximum atomic E-state index is 10.8. The number of amides is 1. The van der Waals surface area contributed by atoms with Crippen LogP contribution in [0.3, 0.4) is 0 Å². The quantitative estimate of drug-likeness (QED) is 0.486. The Hall–Kier alpha value is -2.24. The summed E-state index contributed by atoms with van der Waals surface area (Å²) >= 11 is 0. The first-order chi connectivity index (χ1) is 6.43. The molecule has 0 spiro atoms. The lowest BCUT2D eigenvalue weighted by Crippen LogP contribution is -2.14. The molecule has 0 aliphatic rings. The smallest absolute Gasteiger partial charge is 0.339 e. The molecule has 6 N–H and O–H groups in total. The predicted molar refractivity (Wildman–Crippen MR) is 48.0 cm³/mol. The summed E-state index contributed by atoms with van der Waals surface area (Å²) in [7, 11) is 0. The van der Waals surface area contributed by atoms with Crippen LogP contribution in [-0.4, -0.2) is 22.1 Å². The Balaban J connectivity index is 3.42. The Bertz CT molecular complexity index is 379. The summed E-state index contributed by atoms with van der Waals surface area (Å²) < 4.78 is 0. The number of carbonyl (C=O) groups is 2. The molecule has 0 aromatic heterocycles. The third-order valence-corrected chi connectivity index (χ3v) is 1.66. The highest BCUT2D eigenvalue weighted by molar-refractivity contribution is 6.02. The number of hydrogen-bond acceptors (Lipinski definition) is 4. The van der Waals surface area contributed by atoms with E-state index in [0.717, 1.165) is 12.1 Å². The number of carboxylic acid groups (broad SMARTS) is 1. The van der Waals surface area contributed by atoms with Crippen molar-refractivity contribution in [2.75, 3.05) is 5.73 Å². The Labute approximate surface area is 78.8 Å². The second-order valence-electron chi connectivity index (χ2n) is 2.63. The first kappa shape index (κ1) is 9.85. The normalized spacial score (nSPS) is 9.71. The molecule has 0 bridgehead atoms. The van der Waals surface area contributed by atoms with Crippen LogP contribution in [0.4, 0.5) is 5.69 Å². The van der Waals surface area contributed by atoms with Crippen molar-refractivity contribution in [3.63, 3.8) is 0 Å². The standard InChI is InChI=1S/C8H8N2O4/c9-5-2-6(11)4(8(13)14)1-3(5)7(10)12/h1-2,11H,9H2,(H2,10,12)(H,13,14). The van der Waals surface area contributed by atoms with E-state index in [1.807, 2.05) is 0 Å². The zero-order chi connectivity index (χ0) is 10.9. The number of hydrogen-bond donors (Lipinski definition) is 4. The van der Waals surface area contributed by atoms with Gasteiger partial charge in [0.25, 0.3) is 5.91 Å². The predicted octanol–water partition coefficient (Wildman–Crippen LogP) is -0.229. The number of rotatable bonds is 2. The first-order valence-corrected chi connectivity index (χ1v) is 3.59. The van der Waals surface area contributed by atoms with Crippen molar-refractivity contribution >= 4 is 17.6 Å². The number of carbonyl (C=O) groups excluding carboxylic acids is 1. The summed E-state index contributed by atoms with van der Waals surface area (Å²) in [6.07, 6.45) is 0. The first-order valence-electron chi connectivity index (χ1n) is 3.59. The monoisotopic (exact) mass is 196 g/mol. The molecule has 1 rings (SSSR count). The number of primary amides is 1. The fraction of sp³-hybridized carbons (Fsp3) is 0. The van der Waals surface area contributed by atoms with Crippen LogP contribution in [0.2, 0.25) is 0 Å². The van der Waals surface area contributed by atoms with Crippen LogP contribution in [0.15, 0.2) is 12.1 Å². The number of phenols is 1. The number of carboxylic acids is 1. The van der Waals surface area contributed by atoms with Crippen LogP contribution in [0, 0.1) is 0 Å². The van der Waals surface area contributed by atoms with Crippen molar-refractivity contribution in [1.29, 1.82) is 0 Å². The Kier molecular flexibility index (Phi) is 2.29. The molecule has 1 amide bonds. The van der Waals surface area contributed by atoms with Gasteiger partial charge in [-0.1, -0.05) is 0 Å². The van der Waals surface area contributed by atoms with Crippen molar-refractivity contribution < 1.29 is 19.8 Å². The SMILES string of the molecule is NC(=O)c1cc(C(=O)O)c(O)cc1N. The topological polar surface area (TPSA) is 127 Å². The van der Waals surface area contributed by atoms with Crippen molar-refractivity contribution in [2.24, 2.45) is 5.73 Å². The summed E-state index contributed by atoms with van der Waals surface area (Å²) in [4.78, 5) is 21.3. The summed E-state index contributed by atoms with van der Waals surface area (Å²) in [6.45, 7) is 0. The van der Waals surface area contributed by atoms with Gasteiger partial charge in [-0.25, -0.2) is 4.79 Å².